The number of likely N-dealkylation sites (tertiary alicyclic amines) is 1. The van der Waals surface area contributed by atoms with Gasteiger partial charge in [0, 0.05) is 60.6 Å². The van der Waals surface area contributed by atoms with Crippen LogP contribution < -0.4 is 11.1 Å². The Morgan fingerprint density at radius 1 is 1.00 bits per heavy atom. The monoisotopic (exact) mass is 647 g/mol. The van der Waals surface area contributed by atoms with Crippen molar-refractivity contribution in [2.45, 2.75) is 56.5 Å². The fourth-order valence-corrected chi connectivity index (χ4v) is 7.46. The summed E-state index contributed by atoms with van der Waals surface area (Å²) in [4.78, 5) is 47.9. The van der Waals surface area contributed by atoms with Crippen LogP contribution in [0.2, 0.25) is 0 Å². The summed E-state index contributed by atoms with van der Waals surface area (Å²) in [5.41, 5.74) is 8.67. The first-order valence-corrected chi connectivity index (χ1v) is 17.0. The number of anilines is 1. The summed E-state index contributed by atoms with van der Waals surface area (Å²) in [6.45, 7) is 4.41. The number of nitrogens with two attached hydrogens (primary N) is 1. The highest BCUT2D eigenvalue weighted by Gasteiger charge is 2.44. The molecule has 1 aromatic heterocycles. The zero-order chi connectivity index (χ0) is 32.8. The maximum atomic E-state index is 14.0. The second-order valence-electron chi connectivity index (χ2n) is 13.1. The van der Waals surface area contributed by atoms with E-state index < -0.39 is 24.7 Å². The average Bonchev–Trinajstić information content (AvgIpc) is 3.75. The number of H-pyrrole nitrogens is 1. The fraction of sp³-hybridized carbons (Fsp3) is 0.528. The van der Waals surface area contributed by atoms with Crippen LogP contribution in [0.5, 0.6) is 0 Å². The summed E-state index contributed by atoms with van der Waals surface area (Å²) < 4.78 is 24.0. The molecule has 1 saturated carbocycles. The minimum atomic E-state index is -0.666. The van der Waals surface area contributed by atoms with Crippen LogP contribution in [0.25, 0.3) is 10.9 Å². The second-order valence-corrected chi connectivity index (χ2v) is 13.1. The number of aromatic nitrogens is 1. The number of benzene rings is 2. The Morgan fingerprint density at radius 3 is 2.51 bits per heavy atom. The van der Waals surface area contributed by atoms with E-state index in [0.717, 1.165) is 68.6 Å². The third kappa shape index (κ3) is 7.85. The number of aromatic amines is 1. The Bertz CT molecular complexity index is 1520. The van der Waals surface area contributed by atoms with Crippen molar-refractivity contribution in [1.29, 1.82) is 0 Å². The van der Waals surface area contributed by atoms with Gasteiger partial charge in [-0.15, -0.1) is 0 Å². The summed E-state index contributed by atoms with van der Waals surface area (Å²) in [7, 11) is 0. The number of halogens is 1. The summed E-state index contributed by atoms with van der Waals surface area (Å²) in [5, 5.41) is 3.84. The number of hydrogen-bond acceptors (Lipinski definition) is 7. The summed E-state index contributed by atoms with van der Waals surface area (Å²) in [6.07, 6.45) is 4.18. The standard InChI is InChI=1S/C36H46FN5O5/c37-23-30(38)25-7-9-26(10-8-25)35(44)42-15-13-29(24-5-2-1-3-6-24)33(42)34(43)39-28-11-12-31-27(21-28)22-32(40-31)36(45)47-18-4-14-41-16-19-46-20-17-41/h1-3,5-6,11-12,21-22,25-26,29-30,33,40H,4,7-10,13-20,23,38H2,(H,39,43)/t25-,26-,29-,30-,33+/m1/s1. The van der Waals surface area contributed by atoms with Gasteiger partial charge in [-0.2, -0.15) is 0 Å². The van der Waals surface area contributed by atoms with Crippen LogP contribution in [0, 0.1) is 11.8 Å². The number of ether oxygens (including phenoxy) is 2. The van der Waals surface area contributed by atoms with E-state index in [9.17, 15) is 18.8 Å². The molecule has 1 aliphatic carbocycles. The molecule has 3 atom stereocenters. The highest BCUT2D eigenvalue weighted by Crippen LogP contribution is 2.38. The normalized spacial score (nSPS) is 24.3. The molecule has 3 aromatic rings. The number of morpholine rings is 1. The van der Waals surface area contributed by atoms with E-state index in [-0.39, 0.29) is 29.6 Å². The lowest BCUT2D eigenvalue weighted by molar-refractivity contribution is -0.141. The summed E-state index contributed by atoms with van der Waals surface area (Å²) in [6, 6.07) is 15.9. The van der Waals surface area contributed by atoms with Gasteiger partial charge in [0.25, 0.3) is 0 Å². The molecule has 6 rings (SSSR count). The molecule has 11 heteroatoms. The van der Waals surface area contributed by atoms with E-state index in [1.54, 1.807) is 17.0 Å². The molecule has 0 radical (unpaired) electrons. The summed E-state index contributed by atoms with van der Waals surface area (Å²) in [5.74, 6) is -0.920. The Balaban J connectivity index is 1.11. The molecule has 4 N–H and O–H groups in total. The van der Waals surface area contributed by atoms with Gasteiger partial charge in [-0.3, -0.25) is 14.5 Å². The molecular formula is C36H46FN5O5. The van der Waals surface area contributed by atoms with Gasteiger partial charge in [0.2, 0.25) is 11.8 Å². The van der Waals surface area contributed by atoms with Gasteiger partial charge >= 0.3 is 5.97 Å². The SMILES string of the molecule is N[C@H](CF)[C@H]1CC[C@H](C(=O)N2CC[C@H](c3ccccc3)[C@H]2C(=O)Nc2ccc3[nH]c(C(=O)OCCCN4CCOCC4)cc3c2)CC1. The van der Waals surface area contributed by atoms with Crippen molar-refractivity contribution in [2.24, 2.45) is 17.6 Å². The van der Waals surface area contributed by atoms with E-state index in [2.05, 4.69) is 15.2 Å². The predicted octanol–water partition coefficient (Wildman–Crippen LogP) is 4.47. The lowest BCUT2D eigenvalue weighted by atomic mass is 9.78. The molecule has 0 unspecified atom stereocenters. The van der Waals surface area contributed by atoms with Gasteiger partial charge in [-0.1, -0.05) is 30.3 Å². The van der Waals surface area contributed by atoms with Crippen molar-refractivity contribution in [3.8, 4) is 0 Å². The minimum Gasteiger partial charge on any atom is -0.461 e. The van der Waals surface area contributed by atoms with Crippen LogP contribution in [0.1, 0.15) is 60.5 Å². The van der Waals surface area contributed by atoms with Gasteiger partial charge < -0.3 is 30.4 Å². The molecule has 0 spiro atoms. The van der Waals surface area contributed by atoms with Crippen LogP contribution in [0.4, 0.5) is 10.1 Å². The maximum absolute atomic E-state index is 14.0. The molecule has 3 aliphatic rings. The molecule has 0 bridgehead atoms. The number of rotatable bonds is 11. The highest BCUT2D eigenvalue weighted by molar-refractivity contribution is 6.01. The van der Waals surface area contributed by atoms with Crippen molar-refractivity contribution < 1.29 is 28.2 Å². The first kappa shape index (κ1) is 33.1. The van der Waals surface area contributed by atoms with Crippen molar-refractivity contribution >= 4 is 34.4 Å². The van der Waals surface area contributed by atoms with Gasteiger partial charge in [0.15, 0.2) is 0 Å². The van der Waals surface area contributed by atoms with Gasteiger partial charge in [0.05, 0.1) is 19.8 Å². The topological polar surface area (TPSA) is 130 Å². The number of fused-ring (bicyclic) bond motifs is 1. The average molecular weight is 648 g/mol. The zero-order valence-electron chi connectivity index (χ0n) is 26.9. The molecule has 252 valence electrons. The van der Waals surface area contributed by atoms with E-state index in [0.29, 0.717) is 43.8 Å². The van der Waals surface area contributed by atoms with E-state index in [1.165, 1.54) is 0 Å². The lowest BCUT2D eigenvalue weighted by Gasteiger charge is -2.35. The van der Waals surface area contributed by atoms with E-state index >= 15 is 0 Å². The number of amides is 2. The molecule has 2 amide bonds. The predicted molar refractivity (Wildman–Crippen MR) is 178 cm³/mol. The van der Waals surface area contributed by atoms with Crippen LogP contribution in [-0.2, 0) is 19.1 Å². The van der Waals surface area contributed by atoms with E-state index in [4.69, 9.17) is 15.2 Å². The van der Waals surface area contributed by atoms with E-state index in [1.807, 2.05) is 42.5 Å². The minimum absolute atomic E-state index is 0.00923. The smallest absolute Gasteiger partial charge is 0.354 e. The quantitative estimate of drug-likeness (QED) is 0.207. The third-order valence-electron chi connectivity index (χ3n) is 10.1. The number of esters is 1. The molecule has 10 nitrogen and oxygen atoms in total. The van der Waals surface area contributed by atoms with Gasteiger partial charge in [-0.05, 0) is 74.3 Å². The van der Waals surface area contributed by atoms with Crippen molar-refractivity contribution in [1.82, 2.24) is 14.8 Å². The molecule has 2 aliphatic heterocycles. The Morgan fingerprint density at radius 2 is 1.77 bits per heavy atom. The number of alkyl halides is 1. The van der Waals surface area contributed by atoms with Crippen molar-refractivity contribution in [3.05, 3.63) is 65.9 Å². The molecule has 2 aromatic carbocycles. The van der Waals surface area contributed by atoms with Crippen molar-refractivity contribution in [2.75, 3.05) is 58.0 Å². The Kier molecular flexibility index (Phi) is 10.9. The van der Waals surface area contributed by atoms with Crippen LogP contribution in [0.15, 0.2) is 54.6 Å². The number of hydrogen-bond donors (Lipinski definition) is 3. The summed E-state index contributed by atoms with van der Waals surface area (Å²) >= 11 is 0. The molecule has 3 fully saturated rings. The van der Waals surface area contributed by atoms with Crippen LogP contribution >= 0.6 is 0 Å². The molecule has 3 heterocycles. The largest absolute Gasteiger partial charge is 0.461 e. The Labute approximate surface area is 275 Å². The Hall–Kier alpha value is -3.80. The maximum Gasteiger partial charge on any atom is 0.354 e. The fourth-order valence-electron chi connectivity index (χ4n) is 7.46. The number of carbonyl (C=O) groups is 3. The first-order chi connectivity index (χ1) is 22.9. The molecule has 2 saturated heterocycles. The lowest BCUT2D eigenvalue weighted by Crippen LogP contribution is -2.48. The number of nitrogens with one attached hydrogen (secondary N) is 2. The first-order valence-electron chi connectivity index (χ1n) is 17.0. The zero-order valence-corrected chi connectivity index (χ0v) is 26.9. The highest BCUT2D eigenvalue weighted by atomic mass is 19.1. The number of carbonyl (C=O) groups excluding carboxylic acids is 3. The van der Waals surface area contributed by atoms with Gasteiger partial charge in [-0.25, -0.2) is 9.18 Å². The van der Waals surface area contributed by atoms with Gasteiger partial charge in [0.1, 0.15) is 18.4 Å². The van der Waals surface area contributed by atoms with Crippen molar-refractivity contribution in [3.63, 3.8) is 0 Å². The molecular weight excluding hydrogens is 601 g/mol. The molecule has 47 heavy (non-hydrogen) atoms. The van der Waals surface area contributed by atoms with Crippen LogP contribution in [-0.4, -0.2) is 97.3 Å². The number of nitrogens with zero attached hydrogens (tertiary/aromatic N) is 2. The van der Waals surface area contributed by atoms with Crippen LogP contribution in [0.3, 0.4) is 0 Å². The second kappa shape index (κ2) is 15.4. The third-order valence-corrected chi connectivity index (χ3v) is 10.1.